The van der Waals surface area contributed by atoms with E-state index in [0.29, 0.717) is 5.56 Å². The quantitative estimate of drug-likeness (QED) is 0.672. The fraction of sp³-hybridized carbons (Fsp3) is 0.182. The average Bonchev–Trinajstić information content (AvgIpc) is 2.71. The van der Waals surface area contributed by atoms with Gasteiger partial charge in [-0.2, -0.15) is 5.10 Å². The fourth-order valence-electron chi connectivity index (χ4n) is 1.74. The molecule has 4 nitrogen and oxygen atoms in total. The normalized spacial score (nSPS) is 12.7. The van der Waals surface area contributed by atoms with E-state index < -0.39 is 6.04 Å². The van der Waals surface area contributed by atoms with E-state index in [-0.39, 0.29) is 5.82 Å². The molecule has 0 bridgehead atoms. The zero-order valence-corrected chi connectivity index (χ0v) is 10.8. The molecule has 17 heavy (non-hydrogen) atoms. The van der Waals surface area contributed by atoms with Gasteiger partial charge in [0.15, 0.2) is 0 Å². The van der Waals surface area contributed by atoms with Crippen molar-refractivity contribution in [1.29, 1.82) is 0 Å². The molecule has 2 aromatic rings. The Hall–Kier alpha value is -1.24. The molecule has 0 aliphatic rings. The van der Waals surface area contributed by atoms with Gasteiger partial charge < -0.3 is 0 Å². The molecule has 1 unspecified atom stereocenters. The van der Waals surface area contributed by atoms with Crippen LogP contribution in [0.15, 0.2) is 34.9 Å². The highest BCUT2D eigenvalue weighted by molar-refractivity contribution is 9.10. The molecule has 2 rings (SSSR count). The van der Waals surface area contributed by atoms with Crippen LogP contribution in [0.4, 0.5) is 4.39 Å². The van der Waals surface area contributed by atoms with Crippen molar-refractivity contribution >= 4 is 15.9 Å². The van der Waals surface area contributed by atoms with Crippen LogP contribution in [0.3, 0.4) is 0 Å². The van der Waals surface area contributed by atoms with Crippen LogP contribution in [-0.4, -0.2) is 9.78 Å². The maximum absolute atomic E-state index is 13.8. The topological polar surface area (TPSA) is 55.9 Å². The van der Waals surface area contributed by atoms with Crippen LogP contribution in [0.5, 0.6) is 0 Å². The molecule has 0 aliphatic carbocycles. The molecule has 1 atom stereocenters. The van der Waals surface area contributed by atoms with Crippen molar-refractivity contribution in [2.75, 3.05) is 0 Å². The number of nitrogens with two attached hydrogens (primary N) is 1. The minimum atomic E-state index is -0.431. The van der Waals surface area contributed by atoms with E-state index in [1.165, 1.54) is 6.07 Å². The Morgan fingerprint density at radius 3 is 2.82 bits per heavy atom. The molecule has 0 fully saturated rings. The molecule has 0 saturated carbocycles. The summed E-state index contributed by atoms with van der Waals surface area (Å²) in [6, 6.07) is 6.12. The Morgan fingerprint density at radius 2 is 2.24 bits per heavy atom. The van der Waals surface area contributed by atoms with Crippen LogP contribution in [-0.2, 0) is 7.05 Å². The van der Waals surface area contributed by atoms with Crippen LogP contribution < -0.4 is 11.3 Å². The van der Waals surface area contributed by atoms with Gasteiger partial charge in [0.2, 0.25) is 0 Å². The molecule has 3 N–H and O–H groups in total. The first kappa shape index (κ1) is 12.2. The summed E-state index contributed by atoms with van der Waals surface area (Å²) < 4.78 is 16.2. The molecule has 0 radical (unpaired) electrons. The van der Waals surface area contributed by atoms with Crippen LogP contribution >= 0.6 is 15.9 Å². The minimum Gasteiger partial charge on any atom is -0.271 e. The summed E-state index contributed by atoms with van der Waals surface area (Å²) in [5.74, 6) is 5.20. The minimum absolute atomic E-state index is 0.308. The average molecular weight is 299 g/mol. The van der Waals surface area contributed by atoms with Gasteiger partial charge >= 0.3 is 0 Å². The van der Waals surface area contributed by atoms with Gasteiger partial charge in [-0.05, 0) is 24.3 Å². The van der Waals surface area contributed by atoms with E-state index >= 15 is 0 Å². The van der Waals surface area contributed by atoms with Crippen LogP contribution in [0.2, 0.25) is 0 Å². The van der Waals surface area contributed by atoms with Crippen molar-refractivity contribution in [1.82, 2.24) is 15.2 Å². The Morgan fingerprint density at radius 1 is 1.47 bits per heavy atom. The summed E-state index contributed by atoms with van der Waals surface area (Å²) in [7, 11) is 1.79. The van der Waals surface area contributed by atoms with Gasteiger partial charge in [-0.15, -0.1) is 0 Å². The van der Waals surface area contributed by atoms with Crippen molar-refractivity contribution in [3.05, 3.63) is 52.0 Å². The maximum atomic E-state index is 13.8. The third-order valence-corrected chi connectivity index (χ3v) is 3.08. The van der Waals surface area contributed by atoms with Crippen molar-refractivity contribution in [2.45, 2.75) is 6.04 Å². The van der Waals surface area contributed by atoms with Gasteiger partial charge in [-0.1, -0.05) is 15.9 Å². The molecule has 1 aromatic carbocycles. The van der Waals surface area contributed by atoms with E-state index in [1.807, 2.05) is 0 Å². The van der Waals surface area contributed by atoms with Gasteiger partial charge in [0.25, 0.3) is 0 Å². The maximum Gasteiger partial charge on any atom is 0.128 e. The number of nitrogens with zero attached hydrogens (tertiary/aromatic N) is 2. The van der Waals surface area contributed by atoms with E-state index in [4.69, 9.17) is 5.84 Å². The molecule has 1 heterocycles. The van der Waals surface area contributed by atoms with Gasteiger partial charge in [-0.25, -0.2) is 9.82 Å². The van der Waals surface area contributed by atoms with Gasteiger partial charge in [0.05, 0.1) is 11.7 Å². The van der Waals surface area contributed by atoms with E-state index in [9.17, 15) is 4.39 Å². The number of aromatic nitrogens is 2. The number of hydrazine groups is 1. The smallest absolute Gasteiger partial charge is 0.128 e. The lowest BCUT2D eigenvalue weighted by Crippen LogP contribution is -2.31. The third-order valence-electron chi connectivity index (χ3n) is 2.59. The van der Waals surface area contributed by atoms with E-state index in [0.717, 1.165) is 10.2 Å². The number of rotatable bonds is 3. The summed E-state index contributed by atoms with van der Waals surface area (Å²) in [5, 5.41) is 4.05. The molecule has 90 valence electrons. The fourth-order valence-corrected chi connectivity index (χ4v) is 2.12. The van der Waals surface area contributed by atoms with Crippen molar-refractivity contribution in [2.24, 2.45) is 12.9 Å². The largest absolute Gasteiger partial charge is 0.271 e. The van der Waals surface area contributed by atoms with Crippen LogP contribution in [0.1, 0.15) is 17.3 Å². The number of aryl methyl sites for hydroxylation is 1. The SMILES string of the molecule is Cn1nccc1C(NN)c1cc(Br)ccc1F. The zero-order chi connectivity index (χ0) is 12.4. The Labute approximate surface area is 107 Å². The van der Waals surface area contributed by atoms with Crippen LogP contribution in [0, 0.1) is 5.82 Å². The molecular formula is C11H12BrFN4. The Bertz CT molecular complexity index is 526. The lowest BCUT2D eigenvalue weighted by Gasteiger charge is -2.17. The number of nitrogens with one attached hydrogen (secondary N) is 1. The number of benzene rings is 1. The summed E-state index contributed by atoms with van der Waals surface area (Å²) in [5.41, 5.74) is 3.88. The highest BCUT2D eigenvalue weighted by Gasteiger charge is 2.19. The zero-order valence-electron chi connectivity index (χ0n) is 9.19. The first-order valence-electron chi connectivity index (χ1n) is 5.02. The highest BCUT2D eigenvalue weighted by Crippen LogP contribution is 2.26. The molecule has 0 aliphatic heterocycles. The summed E-state index contributed by atoms with van der Waals surface area (Å²) in [4.78, 5) is 0. The second-order valence-electron chi connectivity index (χ2n) is 3.65. The predicted molar refractivity (Wildman–Crippen MR) is 66.5 cm³/mol. The molecule has 0 amide bonds. The highest BCUT2D eigenvalue weighted by atomic mass is 79.9. The first-order valence-corrected chi connectivity index (χ1v) is 5.81. The van der Waals surface area contributed by atoms with Crippen molar-refractivity contribution < 1.29 is 4.39 Å². The Kier molecular flexibility index (Phi) is 3.56. The summed E-state index contributed by atoms with van der Waals surface area (Å²) in [6.07, 6.45) is 1.65. The third kappa shape index (κ3) is 2.38. The molecule has 0 saturated heterocycles. The monoisotopic (exact) mass is 298 g/mol. The number of hydrogen-bond acceptors (Lipinski definition) is 3. The standard InChI is InChI=1S/C11H12BrFN4/c1-17-10(4-5-15-17)11(16-14)8-6-7(12)2-3-9(8)13/h2-6,11,16H,14H2,1H3. The number of hydrogen-bond donors (Lipinski definition) is 2. The Balaban J connectivity index is 2.49. The first-order chi connectivity index (χ1) is 8.13. The van der Waals surface area contributed by atoms with Crippen molar-refractivity contribution in [3.63, 3.8) is 0 Å². The molecular weight excluding hydrogens is 287 g/mol. The molecule has 1 aromatic heterocycles. The molecule has 6 heteroatoms. The van der Waals surface area contributed by atoms with E-state index in [1.54, 1.807) is 36.1 Å². The second-order valence-corrected chi connectivity index (χ2v) is 4.56. The van der Waals surface area contributed by atoms with Crippen molar-refractivity contribution in [3.8, 4) is 0 Å². The summed E-state index contributed by atoms with van der Waals surface area (Å²) >= 11 is 3.32. The predicted octanol–water partition coefficient (Wildman–Crippen LogP) is 1.87. The van der Waals surface area contributed by atoms with Crippen LogP contribution in [0.25, 0.3) is 0 Å². The lowest BCUT2D eigenvalue weighted by molar-refractivity contribution is 0.532. The number of halogens is 2. The van der Waals surface area contributed by atoms with Gasteiger partial charge in [0.1, 0.15) is 5.82 Å². The van der Waals surface area contributed by atoms with Gasteiger partial charge in [0, 0.05) is 23.3 Å². The van der Waals surface area contributed by atoms with Gasteiger partial charge in [-0.3, -0.25) is 10.5 Å². The molecule has 0 spiro atoms. The lowest BCUT2D eigenvalue weighted by atomic mass is 10.0. The second kappa shape index (κ2) is 4.95. The van der Waals surface area contributed by atoms with E-state index in [2.05, 4.69) is 26.5 Å². The summed E-state index contributed by atoms with van der Waals surface area (Å²) in [6.45, 7) is 0.